The summed E-state index contributed by atoms with van der Waals surface area (Å²) < 4.78 is 0.748. The molecule has 1 fully saturated rings. The van der Waals surface area contributed by atoms with E-state index in [-0.39, 0.29) is 11.8 Å². The lowest BCUT2D eigenvalue weighted by atomic mass is 10.1. The Morgan fingerprint density at radius 1 is 1.27 bits per heavy atom. The SMILES string of the molecule is CC(C)c1[nH]nc(C(=O)NCc2ccccc2N2CCN(C)CC2)c1Br. The fourth-order valence-electron chi connectivity index (χ4n) is 3.15. The van der Waals surface area contributed by atoms with Gasteiger partial charge in [-0.25, -0.2) is 0 Å². The number of aromatic amines is 1. The monoisotopic (exact) mass is 419 g/mol. The number of nitrogens with zero attached hydrogens (tertiary/aromatic N) is 3. The van der Waals surface area contributed by atoms with Crippen LogP contribution < -0.4 is 10.2 Å². The van der Waals surface area contributed by atoms with Crippen LogP contribution in [0.25, 0.3) is 0 Å². The predicted molar refractivity (Wildman–Crippen MR) is 108 cm³/mol. The number of likely N-dealkylation sites (N-methyl/N-ethyl adjacent to an activating group) is 1. The van der Waals surface area contributed by atoms with Crippen molar-refractivity contribution in [1.29, 1.82) is 0 Å². The Morgan fingerprint density at radius 3 is 2.62 bits per heavy atom. The Bertz CT molecular complexity index is 765. The van der Waals surface area contributed by atoms with E-state index in [4.69, 9.17) is 0 Å². The van der Waals surface area contributed by atoms with E-state index < -0.39 is 0 Å². The molecule has 1 aliphatic heterocycles. The lowest BCUT2D eigenvalue weighted by Crippen LogP contribution is -2.45. The number of carbonyl (C=O) groups is 1. The molecule has 1 aliphatic rings. The topological polar surface area (TPSA) is 64.3 Å². The molecule has 0 spiro atoms. The first-order valence-corrected chi connectivity index (χ1v) is 9.80. The van der Waals surface area contributed by atoms with Gasteiger partial charge in [0.15, 0.2) is 5.69 Å². The van der Waals surface area contributed by atoms with Crippen molar-refractivity contribution in [3.8, 4) is 0 Å². The molecule has 2 heterocycles. The standard InChI is InChI=1S/C19H26BrN5O/c1-13(2)17-16(20)18(23-22-17)19(26)21-12-14-6-4-5-7-15(14)25-10-8-24(3)9-11-25/h4-7,13H,8-12H2,1-3H3,(H,21,26)(H,22,23). The van der Waals surface area contributed by atoms with Crippen LogP contribution in [-0.4, -0.2) is 54.2 Å². The summed E-state index contributed by atoms with van der Waals surface area (Å²) in [5.41, 5.74) is 3.67. The van der Waals surface area contributed by atoms with E-state index in [0.29, 0.717) is 12.2 Å². The number of aromatic nitrogens is 2. The molecular formula is C19H26BrN5O. The molecule has 26 heavy (non-hydrogen) atoms. The number of piperazine rings is 1. The summed E-state index contributed by atoms with van der Waals surface area (Å²) in [6.45, 7) is 8.72. The molecule has 3 rings (SSSR count). The average molecular weight is 420 g/mol. The van der Waals surface area contributed by atoms with Gasteiger partial charge in [0.05, 0.1) is 10.2 Å². The van der Waals surface area contributed by atoms with Gasteiger partial charge in [-0.1, -0.05) is 32.0 Å². The molecular weight excluding hydrogens is 394 g/mol. The predicted octanol–water partition coefficient (Wildman–Crippen LogP) is 2.98. The van der Waals surface area contributed by atoms with E-state index in [1.54, 1.807) is 0 Å². The first-order valence-electron chi connectivity index (χ1n) is 9.00. The number of hydrogen-bond donors (Lipinski definition) is 2. The second-order valence-corrected chi connectivity index (χ2v) is 7.85. The number of hydrogen-bond acceptors (Lipinski definition) is 4. The van der Waals surface area contributed by atoms with Gasteiger partial charge >= 0.3 is 0 Å². The minimum Gasteiger partial charge on any atom is -0.369 e. The molecule has 6 nitrogen and oxygen atoms in total. The molecule has 0 bridgehead atoms. The van der Waals surface area contributed by atoms with Crippen LogP contribution in [0.4, 0.5) is 5.69 Å². The van der Waals surface area contributed by atoms with E-state index in [9.17, 15) is 4.79 Å². The quantitative estimate of drug-likeness (QED) is 0.781. The van der Waals surface area contributed by atoms with Crippen LogP contribution >= 0.6 is 15.9 Å². The van der Waals surface area contributed by atoms with Gasteiger partial charge in [-0.05, 0) is 40.5 Å². The normalized spacial score (nSPS) is 15.5. The zero-order valence-electron chi connectivity index (χ0n) is 15.6. The summed E-state index contributed by atoms with van der Waals surface area (Å²) in [6, 6.07) is 8.28. The molecule has 1 aromatic heterocycles. The Labute approximate surface area is 163 Å². The third-order valence-corrected chi connectivity index (χ3v) is 5.60. The maximum Gasteiger partial charge on any atom is 0.273 e. The Kier molecular flexibility index (Phi) is 5.98. The molecule has 7 heteroatoms. The summed E-state index contributed by atoms with van der Waals surface area (Å²) in [4.78, 5) is 17.3. The number of halogens is 1. The van der Waals surface area contributed by atoms with Crippen molar-refractivity contribution in [3.05, 3.63) is 45.7 Å². The number of nitrogens with one attached hydrogen (secondary N) is 2. The number of benzene rings is 1. The van der Waals surface area contributed by atoms with E-state index in [1.165, 1.54) is 5.69 Å². The third kappa shape index (κ3) is 4.10. The highest BCUT2D eigenvalue weighted by molar-refractivity contribution is 9.10. The summed E-state index contributed by atoms with van der Waals surface area (Å²) >= 11 is 3.49. The van der Waals surface area contributed by atoms with Crippen molar-refractivity contribution in [3.63, 3.8) is 0 Å². The summed E-state index contributed by atoms with van der Waals surface area (Å²) in [7, 11) is 2.15. The van der Waals surface area contributed by atoms with Gasteiger partial charge in [0.2, 0.25) is 0 Å². The summed E-state index contributed by atoms with van der Waals surface area (Å²) in [5, 5.41) is 10.1. The van der Waals surface area contributed by atoms with E-state index >= 15 is 0 Å². The number of para-hydroxylation sites is 1. The van der Waals surface area contributed by atoms with Crippen LogP contribution in [0, 0.1) is 0 Å². The maximum atomic E-state index is 12.6. The smallest absolute Gasteiger partial charge is 0.273 e. The minimum atomic E-state index is -0.173. The Hall–Kier alpha value is -1.86. The fraction of sp³-hybridized carbons (Fsp3) is 0.474. The summed E-state index contributed by atoms with van der Waals surface area (Å²) in [5.74, 6) is 0.101. The summed E-state index contributed by atoms with van der Waals surface area (Å²) in [6.07, 6.45) is 0. The van der Waals surface area contributed by atoms with Crippen LogP contribution in [-0.2, 0) is 6.54 Å². The third-order valence-electron chi connectivity index (χ3n) is 4.80. The second kappa shape index (κ2) is 8.22. The Morgan fingerprint density at radius 2 is 1.96 bits per heavy atom. The van der Waals surface area contributed by atoms with Crippen molar-refractivity contribution in [2.75, 3.05) is 38.1 Å². The highest BCUT2D eigenvalue weighted by Crippen LogP contribution is 2.26. The van der Waals surface area contributed by atoms with Crippen molar-refractivity contribution in [2.24, 2.45) is 0 Å². The first-order chi connectivity index (χ1) is 12.5. The van der Waals surface area contributed by atoms with Gasteiger partial charge in [0.25, 0.3) is 5.91 Å². The van der Waals surface area contributed by atoms with Gasteiger partial charge < -0.3 is 15.1 Å². The molecule has 0 saturated carbocycles. The van der Waals surface area contributed by atoms with Crippen molar-refractivity contribution in [2.45, 2.75) is 26.3 Å². The molecule has 1 amide bonds. The van der Waals surface area contributed by atoms with E-state index in [2.05, 4.69) is 80.3 Å². The molecule has 140 valence electrons. The number of anilines is 1. The maximum absolute atomic E-state index is 12.6. The average Bonchev–Trinajstić information content (AvgIpc) is 3.02. The molecule has 0 aliphatic carbocycles. The number of carbonyl (C=O) groups excluding carboxylic acids is 1. The van der Waals surface area contributed by atoms with Gasteiger partial charge in [0.1, 0.15) is 0 Å². The van der Waals surface area contributed by atoms with Gasteiger partial charge in [-0.15, -0.1) is 0 Å². The lowest BCUT2D eigenvalue weighted by Gasteiger charge is -2.35. The van der Waals surface area contributed by atoms with Crippen LogP contribution in [0.15, 0.2) is 28.7 Å². The molecule has 0 radical (unpaired) electrons. The van der Waals surface area contributed by atoms with Crippen LogP contribution in [0.3, 0.4) is 0 Å². The lowest BCUT2D eigenvalue weighted by molar-refractivity contribution is 0.0945. The molecule has 2 N–H and O–H groups in total. The van der Waals surface area contributed by atoms with Crippen LogP contribution in [0.5, 0.6) is 0 Å². The van der Waals surface area contributed by atoms with Crippen molar-refractivity contribution >= 4 is 27.5 Å². The molecule has 1 aromatic carbocycles. The Balaban J connectivity index is 1.69. The number of H-pyrrole nitrogens is 1. The highest BCUT2D eigenvalue weighted by atomic mass is 79.9. The van der Waals surface area contributed by atoms with Crippen LogP contribution in [0.1, 0.15) is 41.5 Å². The molecule has 0 atom stereocenters. The van der Waals surface area contributed by atoms with Crippen molar-refractivity contribution < 1.29 is 4.79 Å². The highest BCUT2D eigenvalue weighted by Gasteiger charge is 2.20. The van der Waals surface area contributed by atoms with Gasteiger partial charge in [-0.2, -0.15) is 5.10 Å². The second-order valence-electron chi connectivity index (χ2n) is 7.06. The molecule has 1 saturated heterocycles. The van der Waals surface area contributed by atoms with Crippen molar-refractivity contribution in [1.82, 2.24) is 20.4 Å². The minimum absolute atomic E-state index is 0.173. The fourth-order valence-corrected chi connectivity index (χ4v) is 3.97. The van der Waals surface area contributed by atoms with Gasteiger partial charge in [0, 0.05) is 38.4 Å². The number of amides is 1. The van der Waals surface area contributed by atoms with Gasteiger partial charge in [-0.3, -0.25) is 9.89 Å². The van der Waals surface area contributed by atoms with E-state index in [1.807, 2.05) is 6.07 Å². The zero-order valence-corrected chi connectivity index (χ0v) is 17.1. The zero-order chi connectivity index (χ0) is 18.7. The number of rotatable bonds is 5. The largest absolute Gasteiger partial charge is 0.369 e. The first kappa shape index (κ1) is 18.9. The molecule has 2 aromatic rings. The van der Waals surface area contributed by atoms with E-state index in [0.717, 1.165) is 41.9 Å². The van der Waals surface area contributed by atoms with Crippen LogP contribution in [0.2, 0.25) is 0 Å². The molecule has 0 unspecified atom stereocenters.